The standard InChI is InChI=1S/C12H18N4OS/c1-13-12(17)10-5-6-11(16-15-10)14-8-9-4-2-3-7-18-9/h5-6,9H,2-4,7-8H2,1H3,(H,13,17)(H,14,16). The van der Waals surface area contributed by atoms with Crippen LogP contribution in [0.3, 0.4) is 0 Å². The van der Waals surface area contributed by atoms with Gasteiger partial charge in [0.05, 0.1) is 0 Å². The van der Waals surface area contributed by atoms with E-state index in [-0.39, 0.29) is 5.91 Å². The number of carbonyl (C=O) groups is 1. The Morgan fingerprint density at radius 3 is 2.94 bits per heavy atom. The number of nitrogens with zero attached hydrogens (tertiary/aromatic N) is 2. The molecule has 18 heavy (non-hydrogen) atoms. The molecule has 98 valence electrons. The van der Waals surface area contributed by atoms with Gasteiger partial charge in [0.15, 0.2) is 5.69 Å². The highest BCUT2D eigenvalue weighted by atomic mass is 32.2. The molecule has 2 N–H and O–H groups in total. The summed E-state index contributed by atoms with van der Waals surface area (Å²) in [6, 6.07) is 3.48. The fourth-order valence-corrected chi connectivity index (χ4v) is 3.10. The highest BCUT2D eigenvalue weighted by molar-refractivity contribution is 7.99. The second-order valence-electron chi connectivity index (χ2n) is 4.25. The van der Waals surface area contributed by atoms with E-state index in [9.17, 15) is 4.79 Å². The van der Waals surface area contributed by atoms with Gasteiger partial charge in [0.1, 0.15) is 5.82 Å². The molecule has 1 aromatic rings. The molecule has 5 nitrogen and oxygen atoms in total. The lowest BCUT2D eigenvalue weighted by molar-refractivity contribution is 0.0957. The van der Waals surface area contributed by atoms with Crippen LogP contribution in [0, 0.1) is 0 Å². The number of anilines is 1. The number of carbonyl (C=O) groups excluding carboxylic acids is 1. The summed E-state index contributed by atoms with van der Waals surface area (Å²) in [7, 11) is 1.58. The van der Waals surface area contributed by atoms with Crippen molar-refractivity contribution in [3.05, 3.63) is 17.8 Å². The maximum Gasteiger partial charge on any atom is 0.271 e. The molecular weight excluding hydrogens is 248 g/mol. The number of hydrogen-bond acceptors (Lipinski definition) is 5. The van der Waals surface area contributed by atoms with Gasteiger partial charge in [0.2, 0.25) is 0 Å². The Hall–Kier alpha value is -1.30. The molecule has 1 saturated heterocycles. The van der Waals surface area contributed by atoms with Crippen LogP contribution in [0.5, 0.6) is 0 Å². The Kier molecular flexibility index (Phi) is 4.81. The first-order chi connectivity index (χ1) is 8.79. The molecular formula is C12H18N4OS. The van der Waals surface area contributed by atoms with Crippen molar-refractivity contribution in [2.75, 3.05) is 24.7 Å². The summed E-state index contributed by atoms with van der Waals surface area (Å²) in [5, 5.41) is 14.3. The van der Waals surface area contributed by atoms with Crippen molar-refractivity contribution in [2.45, 2.75) is 24.5 Å². The highest BCUT2D eigenvalue weighted by Gasteiger charge is 2.13. The lowest BCUT2D eigenvalue weighted by Crippen LogP contribution is -2.22. The largest absolute Gasteiger partial charge is 0.367 e. The Labute approximate surface area is 111 Å². The van der Waals surface area contributed by atoms with Crippen LogP contribution in [0.4, 0.5) is 5.82 Å². The van der Waals surface area contributed by atoms with Crippen molar-refractivity contribution in [1.29, 1.82) is 0 Å². The van der Waals surface area contributed by atoms with Crippen LogP contribution in [0.2, 0.25) is 0 Å². The average Bonchev–Trinajstić information content (AvgIpc) is 2.46. The van der Waals surface area contributed by atoms with Crippen molar-refractivity contribution in [3.8, 4) is 0 Å². The summed E-state index contributed by atoms with van der Waals surface area (Å²) in [6.07, 6.45) is 3.92. The quantitative estimate of drug-likeness (QED) is 0.865. The Morgan fingerprint density at radius 2 is 2.33 bits per heavy atom. The van der Waals surface area contributed by atoms with E-state index < -0.39 is 0 Å². The zero-order valence-corrected chi connectivity index (χ0v) is 11.3. The number of nitrogens with one attached hydrogen (secondary N) is 2. The van der Waals surface area contributed by atoms with Gasteiger partial charge in [-0.1, -0.05) is 6.42 Å². The van der Waals surface area contributed by atoms with Gasteiger partial charge in [-0.15, -0.1) is 10.2 Å². The number of aromatic nitrogens is 2. The third-order valence-corrected chi connectivity index (χ3v) is 4.31. The van der Waals surface area contributed by atoms with E-state index in [2.05, 4.69) is 20.8 Å². The molecule has 1 amide bonds. The van der Waals surface area contributed by atoms with Crippen molar-refractivity contribution in [1.82, 2.24) is 15.5 Å². The molecule has 0 bridgehead atoms. The van der Waals surface area contributed by atoms with Crippen LogP contribution < -0.4 is 10.6 Å². The van der Waals surface area contributed by atoms with E-state index >= 15 is 0 Å². The van der Waals surface area contributed by atoms with Gasteiger partial charge in [-0.3, -0.25) is 4.79 Å². The smallest absolute Gasteiger partial charge is 0.271 e. The number of amides is 1. The number of hydrogen-bond donors (Lipinski definition) is 2. The topological polar surface area (TPSA) is 66.9 Å². The van der Waals surface area contributed by atoms with Crippen LogP contribution in [-0.4, -0.2) is 40.7 Å². The van der Waals surface area contributed by atoms with E-state index in [1.54, 1.807) is 19.2 Å². The van der Waals surface area contributed by atoms with E-state index in [4.69, 9.17) is 0 Å². The van der Waals surface area contributed by atoms with E-state index in [0.29, 0.717) is 10.9 Å². The Morgan fingerprint density at radius 1 is 1.44 bits per heavy atom. The second-order valence-corrected chi connectivity index (χ2v) is 5.66. The van der Waals surface area contributed by atoms with Crippen molar-refractivity contribution in [3.63, 3.8) is 0 Å². The third kappa shape index (κ3) is 3.60. The van der Waals surface area contributed by atoms with Gasteiger partial charge >= 0.3 is 0 Å². The van der Waals surface area contributed by atoms with Crippen molar-refractivity contribution >= 4 is 23.5 Å². The molecule has 1 aliphatic rings. The average molecular weight is 266 g/mol. The molecule has 0 aliphatic carbocycles. The van der Waals surface area contributed by atoms with Gasteiger partial charge in [-0.2, -0.15) is 11.8 Å². The molecule has 1 atom stereocenters. The van der Waals surface area contributed by atoms with Crippen LogP contribution in [0.25, 0.3) is 0 Å². The first kappa shape index (κ1) is 13.1. The van der Waals surface area contributed by atoms with Gasteiger partial charge in [0.25, 0.3) is 5.91 Å². The fraction of sp³-hybridized carbons (Fsp3) is 0.583. The fourth-order valence-electron chi connectivity index (χ4n) is 1.86. The molecule has 2 rings (SSSR count). The monoisotopic (exact) mass is 266 g/mol. The predicted octanol–water partition coefficient (Wildman–Crippen LogP) is 1.53. The van der Waals surface area contributed by atoms with Gasteiger partial charge in [-0.25, -0.2) is 0 Å². The minimum atomic E-state index is -0.211. The molecule has 0 saturated carbocycles. The molecule has 6 heteroatoms. The molecule has 2 heterocycles. The summed E-state index contributed by atoms with van der Waals surface area (Å²) in [5.74, 6) is 1.78. The summed E-state index contributed by atoms with van der Waals surface area (Å²) in [5.41, 5.74) is 0.343. The summed E-state index contributed by atoms with van der Waals surface area (Å²) in [4.78, 5) is 11.3. The zero-order chi connectivity index (χ0) is 12.8. The van der Waals surface area contributed by atoms with Gasteiger partial charge in [-0.05, 0) is 30.7 Å². The maximum atomic E-state index is 11.3. The Balaban J connectivity index is 1.84. The molecule has 0 radical (unpaired) electrons. The van der Waals surface area contributed by atoms with Crippen LogP contribution >= 0.6 is 11.8 Å². The van der Waals surface area contributed by atoms with Crippen LogP contribution in [0.15, 0.2) is 12.1 Å². The summed E-state index contributed by atoms with van der Waals surface area (Å²) >= 11 is 2.02. The van der Waals surface area contributed by atoms with Crippen molar-refractivity contribution in [2.24, 2.45) is 0 Å². The lowest BCUT2D eigenvalue weighted by atomic mass is 10.2. The van der Waals surface area contributed by atoms with E-state index in [0.717, 1.165) is 12.4 Å². The zero-order valence-electron chi connectivity index (χ0n) is 10.5. The minimum Gasteiger partial charge on any atom is -0.367 e. The van der Waals surface area contributed by atoms with E-state index in [1.165, 1.54) is 25.0 Å². The molecule has 0 aromatic carbocycles. The predicted molar refractivity (Wildman–Crippen MR) is 74.0 cm³/mol. The first-order valence-corrected chi connectivity index (χ1v) is 7.26. The second kappa shape index (κ2) is 6.58. The summed E-state index contributed by atoms with van der Waals surface area (Å²) in [6.45, 7) is 0.915. The Bertz CT molecular complexity index is 390. The molecule has 1 aromatic heterocycles. The van der Waals surface area contributed by atoms with Crippen LogP contribution in [-0.2, 0) is 0 Å². The summed E-state index contributed by atoms with van der Waals surface area (Å²) < 4.78 is 0. The minimum absolute atomic E-state index is 0.211. The number of thioether (sulfide) groups is 1. The molecule has 0 spiro atoms. The lowest BCUT2D eigenvalue weighted by Gasteiger charge is -2.21. The first-order valence-electron chi connectivity index (χ1n) is 6.21. The van der Waals surface area contributed by atoms with Crippen molar-refractivity contribution < 1.29 is 4.79 Å². The molecule has 1 aliphatic heterocycles. The van der Waals surface area contributed by atoms with Crippen LogP contribution in [0.1, 0.15) is 29.8 Å². The number of rotatable bonds is 4. The van der Waals surface area contributed by atoms with Gasteiger partial charge in [0, 0.05) is 18.8 Å². The molecule has 1 unspecified atom stereocenters. The maximum absolute atomic E-state index is 11.3. The molecule has 1 fully saturated rings. The normalized spacial score (nSPS) is 19.3. The highest BCUT2D eigenvalue weighted by Crippen LogP contribution is 2.24. The SMILES string of the molecule is CNC(=O)c1ccc(NCC2CCCCS2)nn1. The van der Waals surface area contributed by atoms with E-state index in [1.807, 2.05) is 11.8 Å². The van der Waals surface area contributed by atoms with Gasteiger partial charge < -0.3 is 10.6 Å². The third-order valence-electron chi connectivity index (χ3n) is 2.91.